The Bertz CT molecular complexity index is 897. The number of allylic oxidation sites excluding steroid dienone is 1. The number of thioether (sulfide) groups is 1. The number of hydrogen-bond acceptors (Lipinski definition) is 8. The molecule has 0 amide bonds. The van der Waals surface area contributed by atoms with Crippen molar-refractivity contribution in [2.45, 2.75) is 140 Å². The van der Waals surface area contributed by atoms with E-state index in [1.165, 1.54) is 50.3 Å². The normalized spacial score (nSPS) is 46.8. The summed E-state index contributed by atoms with van der Waals surface area (Å²) in [4.78, 5) is 0. The molecule has 0 aromatic rings. The van der Waals surface area contributed by atoms with Crippen molar-refractivity contribution in [1.82, 2.24) is 0 Å². The highest BCUT2D eigenvalue weighted by atomic mass is 32.2. The standard InChI is InChI=1S/C33H56O7S/c1-20(35)24-10-11-25-23-9-8-21-18-22(12-14-32(21,2)26(23)13-15-33(24,25)3)39-16-6-4-5-7-17-41-31-30(38)29(37)28(36)27(19-34)40-31/h8,20,22-31,34-38H,4-7,9-19H2,1-3H3/t20?,22-,23?,24+,25?,26?,27+,28+,29-,30-,31+,32-,33+/m0/s1. The Morgan fingerprint density at radius 1 is 0.976 bits per heavy atom. The summed E-state index contributed by atoms with van der Waals surface area (Å²) in [7, 11) is 0. The lowest BCUT2D eigenvalue weighted by atomic mass is 9.47. The lowest BCUT2D eigenvalue weighted by Gasteiger charge is -2.58. The van der Waals surface area contributed by atoms with Gasteiger partial charge in [0, 0.05) is 6.61 Å². The Kier molecular flexibility index (Phi) is 10.6. The molecule has 0 bridgehead atoms. The van der Waals surface area contributed by atoms with E-state index in [0.717, 1.165) is 68.6 Å². The maximum atomic E-state index is 10.5. The van der Waals surface area contributed by atoms with E-state index < -0.39 is 29.9 Å². The SMILES string of the molecule is CC(O)[C@H]1CCC2C3CC=C4C[C@@H](OCCCCCCS[C@H]5O[C@H](CO)[C@@H](O)[C@H](O)[C@@H]5O)CC[C@]4(C)C3CC[C@@]21C. The van der Waals surface area contributed by atoms with Crippen molar-refractivity contribution >= 4 is 11.8 Å². The maximum Gasteiger partial charge on any atom is 0.132 e. The quantitative estimate of drug-likeness (QED) is 0.176. The van der Waals surface area contributed by atoms with Crippen molar-refractivity contribution in [2.24, 2.45) is 34.5 Å². The third-order valence-electron chi connectivity index (χ3n) is 12.2. The van der Waals surface area contributed by atoms with Crippen LogP contribution in [-0.4, -0.2) is 86.6 Å². The molecule has 0 spiro atoms. The van der Waals surface area contributed by atoms with Crippen molar-refractivity contribution in [3.8, 4) is 0 Å². The zero-order valence-corrected chi connectivity index (χ0v) is 26.3. The van der Waals surface area contributed by atoms with Gasteiger partial charge in [-0.15, -0.1) is 11.8 Å². The largest absolute Gasteiger partial charge is 0.394 e. The summed E-state index contributed by atoms with van der Waals surface area (Å²) in [6.07, 6.45) is 12.2. The van der Waals surface area contributed by atoms with Crippen LogP contribution >= 0.6 is 11.8 Å². The number of fused-ring (bicyclic) bond motifs is 5. The second-order valence-electron chi connectivity index (χ2n) is 14.4. The molecule has 7 nitrogen and oxygen atoms in total. The first-order chi connectivity index (χ1) is 19.6. The van der Waals surface area contributed by atoms with Crippen LogP contribution in [0.25, 0.3) is 0 Å². The Morgan fingerprint density at radius 2 is 1.76 bits per heavy atom. The molecule has 4 aliphatic carbocycles. The average molecular weight is 597 g/mol. The average Bonchev–Trinajstić information content (AvgIpc) is 3.32. The molecular weight excluding hydrogens is 540 g/mol. The highest BCUT2D eigenvalue weighted by molar-refractivity contribution is 7.99. The van der Waals surface area contributed by atoms with E-state index in [0.29, 0.717) is 22.9 Å². The third-order valence-corrected chi connectivity index (χ3v) is 13.5. The van der Waals surface area contributed by atoms with Crippen LogP contribution < -0.4 is 0 Å². The second-order valence-corrected chi connectivity index (χ2v) is 15.7. The fourth-order valence-corrected chi connectivity index (χ4v) is 11.0. The van der Waals surface area contributed by atoms with E-state index in [-0.39, 0.29) is 12.7 Å². The number of aliphatic hydroxyl groups is 5. The predicted octanol–water partition coefficient (Wildman–Crippen LogP) is 4.42. The van der Waals surface area contributed by atoms with Gasteiger partial charge in [-0.25, -0.2) is 0 Å². The number of ether oxygens (including phenoxy) is 2. The molecule has 4 unspecified atom stereocenters. The van der Waals surface area contributed by atoms with Gasteiger partial charge in [-0.3, -0.25) is 0 Å². The molecule has 5 aliphatic rings. The molecule has 41 heavy (non-hydrogen) atoms. The van der Waals surface area contributed by atoms with Crippen LogP contribution in [0.3, 0.4) is 0 Å². The van der Waals surface area contributed by atoms with Crippen LogP contribution in [0.15, 0.2) is 11.6 Å². The lowest BCUT2D eigenvalue weighted by Crippen LogP contribution is -2.57. The molecule has 1 aliphatic heterocycles. The Balaban J connectivity index is 1.01. The molecule has 1 saturated heterocycles. The van der Waals surface area contributed by atoms with E-state index in [1.54, 1.807) is 5.57 Å². The van der Waals surface area contributed by atoms with Crippen molar-refractivity contribution < 1.29 is 35.0 Å². The smallest absolute Gasteiger partial charge is 0.132 e. The number of aliphatic hydroxyl groups excluding tert-OH is 5. The molecule has 0 aromatic carbocycles. The molecule has 5 N–H and O–H groups in total. The Hall–Kier alpha value is -0.190. The van der Waals surface area contributed by atoms with Gasteiger partial charge in [-0.2, -0.15) is 0 Å². The Morgan fingerprint density at radius 3 is 2.51 bits per heavy atom. The van der Waals surface area contributed by atoms with Crippen molar-refractivity contribution in [3.05, 3.63) is 11.6 Å². The summed E-state index contributed by atoms with van der Waals surface area (Å²) in [5.74, 6) is 3.59. The molecule has 5 rings (SSSR count). The molecule has 3 saturated carbocycles. The minimum absolute atomic E-state index is 0.185. The summed E-state index contributed by atoms with van der Waals surface area (Å²) >= 11 is 1.44. The highest BCUT2D eigenvalue weighted by Crippen LogP contribution is 2.66. The first-order valence-electron chi connectivity index (χ1n) is 16.5. The molecule has 8 heteroatoms. The van der Waals surface area contributed by atoms with E-state index in [1.807, 2.05) is 6.92 Å². The zero-order valence-electron chi connectivity index (χ0n) is 25.5. The van der Waals surface area contributed by atoms with Crippen LogP contribution in [0.2, 0.25) is 0 Å². The third kappa shape index (κ3) is 6.33. The van der Waals surface area contributed by atoms with Crippen LogP contribution in [0.5, 0.6) is 0 Å². The minimum atomic E-state index is -1.30. The van der Waals surface area contributed by atoms with Gasteiger partial charge >= 0.3 is 0 Å². The first kappa shape index (κ1) is 32.2. The Labute approximate surface area is 251 Å². The fourth-order valence-electron chi connectivity index (χ4n) is 9.82. The van der Waals surface area contributed by atoms with Gasteiger partial charge in [-0.05, 0) is 111 Å². The number of rotatable bonds is 11. The summed E-state index contributed by atoms with van der Waals surface area (Å²) < 4.78 is 12.0. The van der Waals surface area contributed by atoms with Crippen LogP contribution in [0.1, 0.15) is 97.8 Å². The summed E-state index contributed by atoms with van der Waals surface area (Å²) in [5, 5.41) is 49.9. The summed E-state index contributed by atoms with van der Waals surface area (Å²) in [6.45, 7) is 7.48. The van der Waals surface area contributed by atoms with E-state index in [9.17, 15) is 25.5 Å². The molecule has 1 heterocycles. The van der Waals surface area contributed by atoms with Crippen molar-refractivity contribution in [2.75, 3.05) is 19.0 Å². The van der Waals surface area contributed by atoms with Gasteiger partial charge in [0.05, 0.1) is 18.8 Å². The van der Waals surface area contributed by atoms with E-state index in [4.69, 9.17) is 9.47 Å². The number of unbranched alkanes of at least 4 members (excludes halogenated alkanes) is 3. The van der Waals surface area contributed by atoms with E-state index in [2.05, 4.69) is 19.9 Å². The molecular formula is C33H56O7S. The van der Waals surface area contributed by atoms with Crippen LogP contribution in [-0.2, 0) is 9.47 Å². The predicted molar refractivity (Wildman–Crippen MR) is 161 cm³/mol. The maximum absolute atomic E-state index is 10.5. The molecule has 236 valence electrons. The first-order valence-corrected chi connectivity index (χ1v) is 17.6. The van der Waals surface area contributed by atoms with Crippen LogP contribution in [0.4, 0.5) is 0 Å². The monoisotopic (exact) mass is 596 g/mol. The topological polar surface area (TPSA) is 120 Å². The second kappa shape index (κ2) is 13.4. The molecule has 4 fully saturated rings. The van der Waals surface area contributed by atoms with Crippen molar-refractivity contribution in [3.63, 3.8) is 0 Å². The summed E-state index contributed by atoms with van der Waals surface area (Å²) in [5.41, 5.74) is 1.67. The van der Waals surface area contributed by atoms with Crippen molar-refractivity contribution in [1.29, 1.82) is 0 Å². The van der Waals surface area contributed by atoms with E-state index >= 15 is 0 Å². The zero-order chi connectivity index (χ0) is 29.4. The fraction of sp³-hybridized carbons (Fsp3) is 0.939. The number of hydrogen-bond donors (Lipinski definition) is 5. The molecule has 0 aromatic heterocycles. The van der Waals surface area contributed by atoms with Gasteiger partial charge in [0.2, 0.25) is 0 Å². The van der Waals surface area contributed by atoms with Gasteiger partial charge in [-0.1, -0.05) is 38.3 Å². The molecule has 13 atom stereocenters. The highest BCUT2D eigenvalue weighted by Gasteiger charge is 2.59. The van der Waals surface area contributed by atoms with Crippen LogP contribution in [0, 0.1) is 34.5 Å². The lowest BCUT2D eigenvalue weighted by molar-refractivity contribution is -0.205. The molecule has 0 radical (unpaired) electrons. The summed E-state index contributed by atoms with van der Waals surface area (Å²) in [6, 6.07) is 0. The minimum Gasteiger partial charge on any atom is -0.394 e. The van der Waals surface area contributed by atoms with Gasteiger partial charge in [0.1, 0.15) is 29.9 Å². The van der Waals surface area contributed by atoms with Gasteiger partial charge < -0.3 is 35.0 Å². The van der Waals surface area contributed by atoms with Gasteiger partial charge in [0.15, 0.2) is 0 Å². The van der Waals surface area contributed by atoms with Gasteiger partial charge in [0.25, 0.3) is 0 Å².